The predicted octanol–water partition coefficient (Wildman–Crippen LogP) is 2.56. The van der Waals surface area contributed by atoms with Gasteiger partial charge in [0.05, 0.1) is 10.9 Å². The summed E-state index contributed by atoms with van der Waals surface area (Å²) in [6, 6.07) is 16.2. The van der Waals surface area contributed by atoms with E-state index in [1.807, 2.05) is 24.3 Å². The molecule has 6 nitrogen and oxygen atoms in total. The van der Waals surface area contributed by atoms with Crippen LogP contribution in [-0.4, -0.2) is 20.5 Å². The van der Waals surface area contributed by atoms with Crippen LogP contribution in [0.4, 0.5) is 5.69 Å². The van der Waals surface area contributed by atoms with Gasteiger partial charge in [0.25, 0.3) is 11.5 Å². The van der Waals surface area contributed by atoms with E-state index in [-0.39, 0.29) is 16.5 Å². The van der Waals surface area contributed by atoms with E-state index in [1.54, 1.807) is 30.3 Å². The van der Waals surface area contributed by atoms with Crippen LogP contribution in [0.25, 0.3) is 15.9 Å². The molecule has 0 aliphatic heterocycles. The first-order chi connectivity index (χ1) is 11.2. The van der Waals surface area contributed by atoms with Gasteiger partial charge < -0.3 is 5.32 Å². The molecule has 0 spiro atoms. The van der Waals surface area contributed by atoms with E-state index in [2.05, 4.69) is 15.4 Å². The minimum absolute atomic E-state index is 0.247. The van der Waals surface area contributed by atoms with Crippen LogP contribution in [-0.2, 0) is 0 Å². The van der Waals surface area contributed by atoms with Crippen molar-refractivity contribution in [2.75, 3.05) is 5.32 Å². The molecule has 0 aliphatic carbocycles. The fourth-order valence-electron chi connectivity index (χ4n) is 2.29. The largest absolute Gasteiger partial charge is 0.320 e. The highest BCUT2D eigenvalue weighted by molar-refractivity contribution is 7.18. The summed E-state index contributed by atoms with van der Waals surface area (Å²) >= 11 is 1.08. The molecule has 2 aromatic heterocycles. The van der Waals surface area contributed by atoms with Crippen molar-refractivity contribution in [3.63, 3.8) is 0 Å². The van der Waals surface area contributed by atoms with Gasteiger partial charge in [-0.3, -0.25) is 9.59 Å². The van der Waals surface area contributed by atoms with Crippen molar-refractivity contribution in [3.8, 4) is 0 Å². The Labute approximate surface area is 134 Å². The molecule has 112 valence electrons. The summed E-state index contributed by atoms with van der Waals surface area (Å²) in [4.78, 5) is 28.7. The molecule has 0 saturated carbocycles. The number of nitrogens with zero attached hydrogens (tertiary/aromatic N) is 3. The highest BCUT2D eigenvalue weighted by atomic mass is 32.1. The molecule has 4 rings (SSSR count). The lowest BCUT2D eigenvalue weighted by atomic mass is 10.2. The van der Waals surface area contributed by atoms with Gasteiger partial charge in [0.2, 0.25) is 9.97 Å². The molecule has 0 saturated heterocycles. The summed E-state index contributed by atoms with van der Waals surface area (Å²) in [7, 11) is 0. The molecule has 0 radical (unpaired) electrons. The molecule has 2 aromatic carbocycles. The van der Waals surface area contributed by atoms with E-state index >= 15 is 0 Å². The first-order valence-electron chi connectivity index (χ1n) is 6.87. The molecule has 1 amide bonds. The van der Waals surface area contributed by atoms with Gasteiger partial charge in [0, 0.05) is 5.69 Å². The maximum atomic E-state index is 12.3. The SMILES string of the molecule is O=C(Nc1ccccc1)c1nn2c(nc(=O)c3ccccc32)s1. The Kier molecular flexibility index (Phi) is 3.13. The number of para-hydroxylation sites is 2. The Morgan fingerprint density at radius 2 is 1.78 bits per heavy atom. The first-order valence-corrected chi connectivity index (χ1v) is 7.69. The number of nitrogens with one attached hydrogen (secondary N) is 1. The second kappa shape index (κ2) is 5.29. The summed E-state index contributed by atoms with van der Waals surface area (Å²) in [5.41, 5.74) is 1.00. The Morgan fingerprint density at radius 1 is 1.04 bits per heavy atom. The maximum Gasteiger partial charge on any atom is 0.286 e. The van der Waals surface area contributed by atoms with Gasteiger partial charge in [0.1, 0.15) is 0 Å². The van der Waals surface area contributed by atoms with Crippen LogP contribution >= 0.6 is 11.3 Å². The van der Waals surface area contributed by atoms with Gasteiger partial charge in [-0.25, -0.2) is 4.52 Å². The monoisotopic (exact) mass is 322 g/mol. The average molecular weight is 322 g/mol. The van der Waals surface area contributed by atoms with Crippen LogP contribution < -0.4 is 10.9 Å². The van der Waals surface area contributed by atoms with Crippen molar-refractivity contribution >= 4 is 38.8 Å². The van der Waals surface area contributed by atoms with Crippen LogP contribution in [0.3, 0.4) is 0 Å². The van der Waals surface area contributed by atoms with E-state index in [9.17, 15) is 9.59 Å². The number of anilines is 1. The van der Waals surface area contributed by atoms with Crippen molar-refractivity contribution in [2.45, 2.75) is 0 Å². The third-order valence-corrected chi connectivity index (χ3v) is 4.25. The van der Waals surface area contributed by atoms with Crippen molar-refractivity contribution in [2.24, 2.45) is 0 Å². The van der Waals surface area contributed by atoms with Gasteiger partial charge in [-0.1, -0.05) is 41.7 Å². The second-order valence-electron chi connectivity index (χ2n) is 4.86. The molecule has 0 fully saturated rings. The van der Waals surface area contributed by atoms with Crippen molar-refractivity contribution < 1.29 is 4.79 Å². The van der Waals surface area contributed by atoms with Gasteiger partial charge in [-0.2, -0.15) is 4.98 Å². The number of carbonyl (C=O) groups is 1. The molecule has 0 aliphatic rings. The topological polar surface area (TPSA) is 76.4 Å². The smallest absolute Gasteiger partial charge is 0.286 e. The quantitative estimate of drug-likeness (QED) is 0.615. The zero-order valence-electron chi connectivity index (χ0n) is 11.8. The van der Waals surface area contributed by atoms with Crippen LogP contribution in [0.15, 0.2) is 59.4 Å². The normalized spacial score (nSPS) is 11.0. The standard InChI is InChI=1S/C16H10N4O2S/c21-13-11-8-4-5-9-12(11)20-16(18-13)23-15(19-20)14(22)17-10-6-2-1-3-7-10/h1-9H,(H,17,22). The zero-order chi connectivity index (χ0) is 15.8. The molecule has 0 unspecified atom stereocenters. The van der Waals surface area contributed by atoms with Gasteiger partial charge in [-0.15, -0.1) is 5.10 Å². The van der Waals surface area contributed by atoms with Crippen LogP contribution in [0.1, 0.15) is 9.80 Å². The predicted molar refractivity (Wildman–Crippen MR) is 89.0 cm³/mol. The van der Waals surface area contributed by atoms with Gasteiger partial charge >= 0.3 is 0 Å². The lowest BCUT2D eigenvalue weighted by molar-refractivity contribution is 0.102. The van der Waals surface area contributed by atoms with Gasteiger partial charge in [0.15, 0.2) is 0 Å². The zero-order valence-corrected chi connectivity index (χ0v) is 12.6. The molecule has 23 heavy (non-hydrogen) atoms. The number of aromatic nitrogens is 3. The molecule has 0 bridgehead atoms. The lowest BCUT2D eigenvalue weighted by Gasteiger charge is -2.01. The summed E-state index contributed by atoms with van der Waals surface area (Å²) in [5.74, 6) is -0.330. The molecular formula is C16H10N4O2S. The van der Waals surface area contributed by atoms with E-state index < -0.39 is 0 Å². The molecular weight excluding hydrogens is 312 g/mol. The fourth-order valence-corrected chi connectivity index (χ4v) is 3.09. The highest BCUT2D eigenvalue weighted by Gasteiger charge is 2.15. The van der Waals surface area contributed by atoms with E-state index in [1.165, 1.54) is 4.52 Å². The summed E-state index contributed by atoms with van der Waals surface area (Å²) in [6.45, 7) is 0. The molecule has 1 N–H and O–H groups in total. The van der Waals surface area contributed by atoms with Crippen molar-refractivity contribution in [1.82, 2.24) is 14.6 Å². The number of amides is 1. The van der Waals surface area contributed by atoms with Crippen LogP contribution in [0.5, 0.6) is 0 Å². The molecule has 4 aromatic rings. The highest BCUT2D eigenvalue weighted by Crippen LogP contribution is 2.18. The van der Waals surface area contributed by atoms with E-state index in [0.717, 1.165) is 11.3 Å². The van der Waals surface area contributed by atoms with Crippen molar-refractivity contribution in [3.05, 3.63) is 70.0 Å². The first kappa shape index (κ1) is 13.6. The molecule has 7 heteroatoms. The second-order valence-corrected chi connectivity index (χ2v) is 5.81. The molecule has 0 atom stereocenters. The summed E-state index contributed by atoms with van der Waals surface area (Å²) < 4.78 is 1.53. The third-order valence-electron chi connectivity index (χ3n) is 3.35. The van der Waals surface area contributed by atoms with Gasteiger partial charge in [-0.05, 0) is 24.3 Å². The number of benzene rings is 2. The minimum Gasteiger partial charge on any atom is -0.320 e. The Bertz CT molecular complexity index is 1090. The summed E-state index contributed by atoms with van der Waals surface area (Å²) in [6.07, 6.45) is 0. The Balaban J connectivity index is 1.81. The van der Waals surface area contributed by atoms with Crippen LogP contribution in [0.2, 0.25) is 0 Å². The maximum absolute atomic E-state index is 12.3. The summed E-state index contributed by atoms with van der Waals surface area (Å²) in [5, 5.41) is 7.80. The number of carbonyl (C=O) groups excluding carboxylic acids is 1. The molecule has 2 heterocycles. The minimum atomic E-state index is -0.330. The Morgan fingerprint density at radius 3 is 2.61 bits per heavy atom. The van der Waals surface area contributed by atoms with E-state index in [0.29, 0.717) is 21.6 Å². The number of hydrogen-bond acceptors (Lipinski definition) is 5. The number of hydrogen-bond donors (Lipinski definition) is 1. The number of rotatable bonds is 2. The van der Waals surface area contributed by atoms with Crippen LogP contribution in [0, 0.1) is 0 Å². The van der Waals surface area contributed by atoms with E-state index in [4.69, 9.17) is 0 Å². The number of fused-ring (bicyclic) bond motifs is 3. The third kappa shape index (κ3) is 2.36. The Hall–Kier alpha value is -3.06. The average Bonchev–Trinajstić information content (AvgIpc) is 3.00. The van der Waals surface area contributed by atoms with Crippen molar-refractivity contribution in [1.29, 1.82) is 0 Å². The fraction of sp³-hybridized carbons (Fsp3) is 0. The lowest BCUT2D eigenvalue weighted by Crippen LogP contribution is -2.12.